The van der Waals surface area contributed by atoms with E-state index in [0.717, 1.165) is 17.8 Å². The SMILES string of the molecule is CCN(CC)C(C)Nc1ccc(CNC(=O)C(F)(F)F)c2sc3ccccc3c(=O)c12. The zero-order chi connectivity index (χ0) is 22.8. The Kier molecular flexibility index (Phi) is 6.86. The molecule has 1 heterocycles. The summed E-state index contributed by atoms with van der Waals surface area (Å²) in [6.07, 6.45) is -5.01. The van der Waals surface area contributed by atoms with Gasteiger partial charge in [0.15, 0.2) is 5.43 Å². The van der Waals surface area contributed by atoms with Gasteiger partial charge >= 0.3 is 12.1 Å². The van der Waals surface area contributed by atoms with Gasteiger partial charge < -0.3 is 10.6 Å². The second-order valence-corrected chi connectivity index (χ2v) is 8.18. The summed E-state index contributed by atoms with van der Waals surface area (Å²) < 4.78 is 39.1. The van der Waals surface area contributed by atoms with E-state index < -0.39 is 12.1 Å². The van der Waals surface area contributed by atoms with Crippen LogP contribution < -0.4 is 16.1 Å². The Morgan fingerprint density at radius 3 is 2.45 bits per heavy atom. The molecule has 5 nitrogen and oxygen atoms in total. The molecule has 0 bridgehead atoms. The number of alkyl halides is 3. The number of nitrogens with zero attached hydrogens (tertiary/aromatic N) is 1. The van der Waals surface area contributed by atoms with Gasteiger partial charge in [-0.15, -0.1) is 11.3 Å². The maximum atomic E-state index is 13.3. The number of nitrogens with one attached hydrogen (secondary N) is 2. The van der Waals surface area contributed by atoms with Crippen molar-refractivity contribution >= 4 is 43.1 Å². The third kappa shape index (κ3) is 4.83. The van der Waals surface area contributed by atoms with Crippen molar-refractivity contribution in [1.82, 2.24) is 10.2 Å². The van der Waals surface area contributed by atoms with Gasteiger partial charge in [0.25, 0.3) is 0 Å². The average molecular weight is 452 g/mol. The molecule has 1 amide bonds. The standard InChI is InChI=1S/C22H24F3N3O2S/c1-4-28(5-2)13(3)27-16-11-10-14(12-26-21(30)22(23,24)25)20-18(16)19(29)15-8-6-7-9-17(15)31-20/h6-11,13,27H,4-5,12H2,1-3H3,(H,26,30). The van der Waals surface area contributed by atoms with Crippen LogP contribution in [0.5, 0.6) is 0 Å². The van der Waals surface area contributed by atoms with Crippen LogP contribution in [0, 0.1) is 0 Å². The highest BCUT2D eigenvalue weighted by molar-refractivity contribution is 7.24. The van der Waals surface area contributed by atoms with Gasteiger partial charge in [0.2, 0.25) is 0 Å². The molecule has 1 aromatic heterocycles. The zero-order valence-corrected chi connectivity index (χ0v) is 18.3. The number of anilines is 1. The smallest absolute Gasteiger partial charge is 0.369 e. The van der Waals surface area contributed by atoms with Crippen LogP contribution in [0.2, 0.25) is 0 Å². The first kappa shape index (κ1) is 23.0. The highest BCUT2D eigenvalue weighted by Gasteiger charge is 2.38. The average Bonchev–Trinajstić information content (AvgIpc) is 2.73. The summed E-state index contributed by atoms with van der Waals surface area (Å²) >= 11 is 1.33. The topological polar surface area (TPSA) is 61.4 Å². The van der Waals surface area contributed by atoms with E-state index in [2.05, 4.69) is 10.2 Å². The molecule has 0 aliphatic rings. The predicted octanol–water partition coefficient (Wildman–Crippen LogP) is 4.69. The molecule has 0 aliphatic heterocycles. The Balaban J connectivity index is 2.13. The van der Waals surface area contributed by atoms with Crippen molar-refractivity contribution in [3.63, 3.8) is 0 Å². The van der Waals surface area contributed by atoms with Crippen LogP contribution in [0.1, 0.15) is 26.3 Å². The number of rotatable bonds is 7. The van der Waals surface area contributed by atoms with Crippen LogP contribution in [0.3, 0.4) is 0 Å². The molecule has 3 rings (SSSR count). The van der Waals surface area contributed by atoms with Crippen molar-refractivity contribution in [2.24, 2.45) is 0 Å². The van der Waals surface area contributed by atoms with Crippen molar-refractivity contribution in [3.8, 4) is 0 Å². The molecule has 0 saturated heterocycles. The molecular weight excluding hydrogens is 427 g/mol. The summed E-state index contributed by atoms with van der Waals surface area (Å²) in [6.45, 7) is 7.39. The lowest BCUT2D eigenvalue weighted by Crippen LogP contribution is -2.38. The van der Waals surface area contributed by atoms with E-state index in [4.69, 9.17) is 0 Å². The fourth-order valence-electron chi connectivity index (χ4n) is 3.58. The fourth-order valence-corrected chi connectivity index (χ4v) is 4.79. The molecule has 1 atom stereocenters. The van der Waals surface area contributed by atoms with Crippen LogP contribution >= 0.6 is 11.3 Å². The number of carbonyl (C=O) groups is 1. The Labute approximate surface area is 181 Å². The van der Waals surface area contributed by atoms with E-state index in [0.29, 0.717) is 26.7 Å². The molecule has 0 spiro atoms. The number of hydrogen-bond acceptors (Lipinski definition) is 5. The normalized spacial score (nSPS) is 13.0. The molecule has 2 N–H and O–H groups in total. The second kappa shape index (κ2) is 9.23. The van der Waals surface area contributed by atoms with E-state index in [1.54, 1.807) is 36.4 Å². The lowest BCUT2D eigenvalue weighted by atomic mass is 10.1. The van der Waals surface area contributed by atoms with Crippen molar-refractivity contribution in [1.29, 1.82) is 0 Å². The molecule has 166 valence electrons. The Morgan fingerprint density at radius 1 is 1.13 bits per heavy atom. The van der Waals surface area contributed by atoms with Crippen LogP contribution in [0.15, 0.2) is 41.2 Å². The number of hydrogen-bond donors (Lipinski definition) is 2. The summed E-state index contributed by atoms with van der Waals surface area (Å²) in [5, 5.41) is 6.25. The number of halogens is 3. The van der Waals surface area contributed by atoms with Gasteiger partial charge in [-0.05, 0) is 43.8 Å². The Morgan fingerprint density at radius 2 is 1.81 bits per heavy atom. The lowest BCUT2D eigenvalue weighted by molar-refractivity contribution is -0.173. The molecule has 0 fully saturated rings. The molecule has 0 aliphatic carbocycles. The maximum absolute atomic E-state index is 13.3. The van der Waals surface area contributed by atoms with Gasteiger partial charge in [-0.25, -0.2) is 0 Å². The molecule has 0 saturated carbocycles. The Bertz CT molecular complexity index is 1160. The minimum Gasteiger partial charge on any atom is -0.369 e. The van der Waals surface area contributed by atoms with Crippen molar-refractivity contribution < 1.29 is 18.0 Å². The first-order chi connectivity index (χ1) is 14.7. The summed E-state index contributed by atoms with van der Waals surface area (Å²) in [5.41, 5.74) is 0.886. The van der Waals surface area contributed by atoms with Crippen molar-refractivity contribution in [2.75, 3.05) is 18.4 Å². The molecule has 9 heteroatoms. The number of carbonyl (C=O) groups excluding carboxylic acids is 1. The number of fused-ring (bicyclic) bond motifs is 2. The largest absolute Gasteiger partial charge is 0.471 e. The van der Waals surface area contributed by atoms with Crippen LogP contribution in [0.4, 0.5) is 18.9 Å². The summed E-state index contributed by atoms with van der Waals surface area (Å²) in [6, 6.07) is 10.5. The van der Waals surface area contributed by atoms with Crippen molar-refractivity contribution in [3.05, 3.63) is 52.2 Å². The van der Waals surface area contributed by atoms with E-state index in [-0.39, 0.29) is 18.1 Å². The maximum Gasteiger partial charge on any atom is 0.471 e. The molecule has 3 aromatic rings. The van der Waals surface area contributed by atoms with Crippen LogP contribution in [-0.2, 0) is 11.3 Å². The number of benzene rings is 2. The minimum absolute atomic E-state index is 0.0511. The molecular formula is C22H24F3N3O2S. The molecule has 31 heavy (non-hydrogen) atoms. The summed E-state index contributed by atoms with van der Waals surface area (Å²) in [5.74, 6) is -2.01. The summed E-state index contributed by atoms with van der Waals surface area (Å²) in [4.78, 5) is 26.8. The van der Waals surface area contributed by atoms with E-state index in [1.807, 2.05) is 26.1 Å². The van der Waals surface area contributed by atoms with E-state index in [1.165, 1.54) is 11.3 Å². The quantitative estimate of drug-likeness (QED) is 0.404. The zero-order valence-electron chi connectivity index (χ0n) is 17.5. The van der Waals surface area contributed by atoms with Crippen LogP contribution in [-0.4, -0.2) is 36.2 Å². The molecule has 2 aromatic carbocycles. The second-order valence-electron chi connectivity index (χ2n) is 7.13. The predicted molar refractivity (Wildman–Crippen MR) is 120 cm³/mol. The van der Waals surface area contributed by atoms with Gasteiger partial charge in [-0.3, -0.25) is 14.5 Å². The van der Waals surface area contributed by atoms with Gasteiger partial charge in [0.05, 0.1) is 11.6 Å². The minimum atomic E-state index is -4.96. The Hall–Kier alpha value is -2.65. The fraction of sp³-hybridized carbons (Fsp3) is 0.364. The third-order valence-corrected chi connectivity index (χ3v) is 6.48. The highest BCUT2D eigenvalue weighted by Crippen LogP contribution is 2.32. The van der Waals surface area contributed by atoms with Crippen molar-refractivity contribution in [2.45, 2.75) is 39.7 Å². The monoisotopic (exact) mass is 451 g/mol. The molecule has 1 unspecified atom stereocenters. The van der Waals surface area contributed by atoms with Crippen LogP contribution in [0.25, 0.3) is 20.2 Å². The third-order valence-electron chi connectivity index (χ3n) is 5.23. The highest BCUT2D eigenvalue weighted by atomic mass is 32.1. The first-order valence-corrected chi connectivity index (χ1v) is 10.8. The van der Waals surface area contributed by atoms with Gasteiger partial charge in [0, 0.05) is 27.0 Å². The lowest BCUT2D eigenvalue weighted by Gasteiger charge is -2.28. The van der Waals surface area contributed by atoms with Gasteiger partial charge in [-0.1, -0.05) is 32.0 Å². The van der Waals surface area contributed by atoms with E-state index in [9.17, 15) is 22.8 Å². The van der Waals surface area contributed by atoms with Gasteiger partial charge in [0.1, 0.15) is 0 Å². The van der Waals surface area contributed by atoms with E-state index >= 15 is 0 Å². The molecule has 0 radical (unpaired) electrons. The van der Waals surface area contributed by atoms with Gasteiger partial charge in [-0.2, -0.15) is 13.2 Å². The number of amides is 1. The summed E-state index contributed by atoms with van der Waals surface area (Å²) in [7, 11) is 0. The first-order valence-electron chi connectivity index (χ1n) is 10.00.